The lowest BCUT2D eigenvalue weighted by Gasteiger charge is -2.04. The second kappa shape index (κ2) is 5.34. The Hall–Kier alpha value is -2.04. The van der Waals surface area contributed by atoms with Gasteiger partial charge in [0.05, 0.1) is 19.4 Å². The maximum Gasteiger partial charge on any atom is 0.212 e. The third-order valence-electron chi connectivity index (χ3n) is 2.51. The van der Waals surface area contributed by atoms with Gasteiger partial charge in [-0.25, -0.2) is 10.4 Å². The Morgan fingerprint density at radius 3 is 2.76 bits per heavy atom. The number of aliphatic imine (C=N–C) groups is 1. The van der Waals surface area contributed by atoms with Crippen molar-refractivity contribution in [3.8, 4) is 5.75 Å². The minimum absolute atomic E-state index is 0.734. The monoisotopic (exact) mass is 232 g/mol. The Kier molecular flexibility index (Phi) is 3.59. The second-order valence-corrected chi connectivity index (χ2v) is 3.69. The van der Waals surface area contributed by atoms with E-state index >= 15 is 0 Å². The van der Waals surface area contributed by atoms with Gasteiger partial charge in [0.1, 0.15) is 5.75 Å². The van der Waals surface area contributed by atoms with Gasteiger partial charge in [0.2, 0.25) is 5.96 Å². The van der Waals surface area contributed by atoms with Crippen molar-refractivity contribution in [2.45, 2.75) is 6.92 Å². The molecule has 1 aliphatic rings. The molecule has 0 radical (unpaired) electrons. The van der Waals surface area contributed by atoms with Gasteiger partial charge in [-0.2, -0.15) is 5.10 Å². The Bertz CT molecular complexity index is 436. The highest BCUT2D eigenvalue weighted by molar-refractivity contribution is 5.99. The maximum atomic E-state index is 5.11. The highest BCUT2D eigenvalue weighted by Crippen LogP contribution is 2.11. The molecule has 0 aromatic heterocycles. The molecule has 0 saturated heterocycles. The normalized spacial score (nSPS) is 15.2. The number of guanidine groups is 1. The predicted molar refractivity (Wildman–Crippen MR) is 68.6 cm³/mol. The average molecular weight is 232 g/mol. The number of hydrogen-bond donors (Lipinski definition) is 2. The lowest BCUT2D eigenvalue weighted by molar-refractivity contribution is 0.415. The minimum atomic E-state index is 0.734. The van der Waals surface area contributed by atoms with E-state index < -0.39 is 0 Å². The molecule has 1 heterocycles. The van der Waals surface area contributed by atoms with Crippen LogP contribution >= 0.6 is 0 Å². The summed E-state index contributed by atoms with van der Waals surface area (Å²) in [7, 11) is 1.65. The molecule has 5 heteroatoms. The number of methoxy groups -OCH3 is 1. The topological polar surface area (TPSA) is 58.0 Å². The first kappa shape index (κ1) is 11.4. The fourth-order valence-corrected chi connectivity index (χ4v) is 1.51. The SMILES string of the molecule is COc1ccc(/C(C)=N\NC2=NCCN2)cc1. The molecule has 0 spiro atoms. The summed E-state index contributed by atoms with van der Waals surface area (Å²) in [5.41, 5.74) is 4.86. The van der Waals surface area contributed by atoms with E-state index in [9.17, 15) is 0 Å². The first-order valence-electron chi connectivity index (χ1n) is 5.52. The maximum absolute atomic E-state index is 5.11. The number of benzene rings is 1. The molecule has 1 aliphatic heterocycles. The van der Waals surface area contributed by atoms with E-state index in [1.165, 1.54) is 0 Å². The quantitative estimate of drug-likeness (QED) is 0.603. The van der Waals surface area contributed by atoms with E-state index in [2.05, 4.69) is 20.8 Å². The molecule has 90 valence electrons. The molecule has 0 saturated carbocycles. The summed E-state index contributed by atoms with van der Waals surface area (Å²) >= 11 is 0. The Morgan fingerprint density at radius 2 is 2.18 bits per heavy atom. The molecule has 2 N–H and O–H groups in total. The molecule has 5 nitrogen and oxygen atoms in total. The number of hydrazone groups is 1. The molecular formula is C12H16N4O. The van der Waals surface area contributed by atoms with Crippen LogP contribution in [0.3, 0.4) is 0 Å². The van der Waals surface area contributed by atoms with Gasteiger partial charge in [-0.1, -0.05) is 0 Å². The van der Waals surface area contributed by atoms with Crippen molar-refractivity contribution >= 4 is 11.7 Å². The molecule has 1 aromatic carbocycles. The first-order chi connectivity index (χ1) is 8.29. The van der Waals surface area contributed by atoms with Crippen molar-refractivity contribution < 1.29 is 4.74 Å². The van der Waals surface area contributed by atoms with Gasteiger partial charge in [-0.3, -0.25) is 0 Å². The largest absolute Gasteiger partial charge is 0.497 e. The molecule has 1 aromatic rings. The van der Waals surface area contributed by atoms with Crippen LogP contribution in [-0.2, 0) is 0 Å². The zero-order valence-electron chi connectivity index (χ0n) is 10.0. The molecule has 0 unspecified atom stereocenters. The van der Waals surface area contributed by atoms with E-state index in [1.807, 2.05) is 31.2 Å². The zero-order valence-corrected chi connectivity index (χ0v) is 10.0. The number of nitrogens with one attached hydrogen (secondary N) is 2. The van der Waals surface area contributed by atoms with Crippen molar-refractivity contribution in [1.29, 1.82) is 0 Å². The van der Waals surface area contributed by atoms with Crippen molar-refractivity contribution in [2.75, 3.05) is 20.2 Å². The van der Waals surface area contributed by atoms with Crippen LogP contribution in [0.1, 0.15) is 12.5 Å². The summed E-state index contributed by atoms with van der Waals surface area (Å²) in [6.45, 7) is 3.63. The molecule has 0 amide bonds. The summed E-state index contributed by atoms with van der Waals surface area (Å²) in [5, 5.41) is 7.36. The highest BCUT2D eigenvalue weighted by Gasteiger charge is 2.03. The predicted octanol–water partition coefficient (Wildman–Crippen LogP) is 0.968. The molecular weight excluding hydrogens is 216 g/mol. The standard InChI is InChI=1S/C12H16N4O/c1-9(15-16-12-13-7-8-14-12)10-3-5-11(17-2)6-4-10/h3-6H,7-8H2,1-2H3,(H2,13,14,16)/b15-9-. The average Bonchev–Trinajstić information content (AvgIpc) is 2.89. The molecule has 0 aliphatic carbocycles. The molecule has 0 bridgehead atoms. The molecule has 17 heavy (non-hydrogen) atoms. The third kappa shape index (κ3) is 2.96. The Balaban J connectivity index is 2.02. The van der Waals surface area contributed by atoms with E-state index in [4.69, 9.17) is 4.74 Å². The van der Waals surface area contributed by atoms with Crippen molar-refractivity contribution in [1.82, 2.24) is 10.7 Å². The van der Waals surface area contributed by atoms with Crippen molar-refractivity contribution in [3.05, 3.63) is 29.8 Å². The summed E-state index contributed by atoms with van der Waals surface area (Å²) in [4.78, 5) is 4.20. The van der Waals surface area contributed by atoms with Gasteiger partial charge >= 0.3 is 0 Å². The van der Waals surface area contributed by atoms with E-state index in [0.29, 0.717) is 0 Å². The first-order valence-corrected chi connectivity index (χ1v) is 5.52. The van der Waals surface area contributed by atoms with E-state index in [-0.39, 0.29) is 0 Å². The minimum Gasteiger partial charge on any atom is -0.497 e. The van der Waals surface area contributed by atoms with E-state index in [1.54, 1.807) is 7.11 Å². The summed E-state index contributed by atoms with van der Waals surface area (Å²) in [5.74, 6) is 1.58. The van der Waals surface area contributed by atoms with Crippen molar-refractivity contribution in [3.63, 3.8) is 0 Å². The van der Waals surface area contributed by atoms with Crippen LogP contribution in [0.15, 0.2) is 34.4 Å². The van der Waals surface area contributed by atoms with Crippen LogP contribution in [0, 0.1) is 0 Å². The number of ether oxygens (including phenoxy) is 1. The Morgan fingerprint density at radius 1 is 1.41 bits per heavy atom. The van der Waals surface area contributed by atoms with E-state index in [0.717, 1.165) is 36.1 Å². The summed E-state index contributed by atoms with van der Waals surface area (Å²) < 4.78 is 5.11. The zero-order chi connectivity index (χ0) is 12.1. The lowest BCUT2D eigenvalue weighted by atomic mass is 10.1. The van der Waals surface area contributed by atoms with Crippen LogP contribution in [0.2, 0.25) is 0 Å². The molecule has 0 fully saturated rings. The lowest BCUT2D eigenvalue weighted by Crippen LogP contribution is -2.30. The smallest absolute Gasteiger partial charge is 0.212 e. The number of nitrogens with zero attached hydrogens (tertiary/aromatic N) is 2. The van der Waals surface area contributed by atoms with Crippen LogP contribution in [0.25, 0.3) is 0 Å². The Labute approximate surface area is 101 Å². The second-order valence-electron chi connectivity index (χ2n) is 3.69. The van der Waals surface area contributed by atoms with Gasteiger partial charge in [0.25, 0.3) is 0 Å². The molecule has 0 atom stereocenters. The number of hydrogen-bond acceptors (Lipinski definition) is 5. The highest BCUT2D eigenvalue weighted by atomic mass is 16.5. The van der Waals surface area contributed by atoms with Gasteiger partial charge in [0, 0.05) is 6.54 Å². The fourth-order valence-electron chi connectivity index (χ4n) is 1.51. The number of rotatable bonds is 3. The summed E-state index contributed by atoms with van der Waals surface area (Å²) in [6.07, 6.45) is 0. The van der Waals surface area contributed by atoms with Gasteiger partial charge in [0.15, 0.2) is 0 Å². The van der Waals surface area contributed by atoms with Gasteiger partial charge in [-0.15, -0.1) is 0 Å². The van der Waals surface area contributed by atoms with Crippen molar-refractivity contribution in [2.24, 2.45) is 10.1 Å². The van der Waals surface area contributed by atoms with Crippen LogP contribution in [0.4, 0.5) is 0 Å². The van der Waals surface area contributed by atoms with Crippen LogP contribution in [-0.4, -0.2) is 31.9 Å². The van der Waals surface area contributed by atoms with Crippen LogP contribution in [0.5, 0.6) is 5.75 Å². The van der Waals surface area contributed by atoms with Crippen LogP contribution < -0.4 is 15.5 Å². The summed E-state index contributed by atoms with van der Waals surface area (Å²) in [6, 6.07) is 7.78. The fraction of sp³-hybridized carbons (Fsp3) is 0.333. The van der Waals surface area contributed by atoms with Gasteiger partial charge < -0.3 is 10.1 Å². The molecule has 2 rings (SSSR count). The third-order valence-corrected chi connectivity index (χ3v) is 2.51. The van der Waals surface area contributed by atoms with Gasteiger partial charge in [-0.05, 0) is 36.8 Å².